The van der Waals surface area contributed by atoms with Crippen LogP contribution < -0.4 is 10.6 Å². The molecular formula is C33H49N3O4S. The lowest BCUT2D eigenvalue weighted by molar-refractivity contribution is -0.140. The molecule has 0 aliphatic rings. The van der Waals surface area contributed by atoms with E-state index >= 15 is 0 Å². The number of thiol groups is 1. The molecule has 0 radical (unpaired) electrons. The van der Waals surface area contributed by atoms with Gasteiger partial charge in [-0.2, -0.15) is 12.6 Å². The number of hydrogen-bond donors (Lipinski definition) is 3. The van der Waals surface area contributed by atoms with Crippen molar-refractivity contribution in [2.45, 2.75) is 105 Å². The number of carbonyl (C=O) groups is 3. The molecule has 2 rings (SSSR count). The van der Waals surface area contributed by atoms with Crippen LogP contribution in [-0.2, 0) is 14.3 Å². The zero-order valence-electron chi connectivity index (χ0n) is 25.9. The molecule has 3 amide bonds. The van der Waals surface area contributed by atoms with Gasteiger partial charge in [0.1, 0.15) is 17.7 Å². The summed E-state index contributed by atoms with van der Waals surface area (Å²) in [6.45, 7) is 13.7. The van der Waals surface area contributed by atoms with Crippen LogP contribution in [0.2, 0.25) is 0 Å². The van der Waals surface area contributed by atoms with E-state index < -0.39 is 23.8 Å². The van der Waals surface area contributed by atoms with Gasteiger partial charge in [0.05, 0.1) is 0 Å². The summed E-state index contributed by atoms with van der Waals surface area (Å²) >= 11 is 4.41. The minimum absolute atomic E-state index is 0.0595. The highest BCUT2D eigenvalue weighted by molar-refractivity contribution is 7.80. The molecule has 2 aromatic carbocycles. The topological polar surface area (TPSA) is 87.7 Å². The zero-order chi connectivity index (χ0) is 30.6. The number of alkyl carbamates (subject to hydrolysis) is 1. The summed E-state index contributed by atoms with van der Waals surface area (Å²) in [5.41, 5.74) is 3.51. The van der Waals surface area contributed by atoms with Crippen LogP contribution in [0.15, 0.2) is 42.5 Å². The fourth-order valence-electron chi connectivity index (χ4n) is 4.87. The van der Waals surface area contributed by atoms with Crippen LogP contribution in [0, 0.1) is 20.8 Å². The number of para-hydroxylation sites is 1. The molecule has 0 aliphatic carbocycles. The highest BCUT2D eigenvalue weighted by Crippen LogP contribution is 2.31. The molecule has 8 heteroatoms. The van der Waals surface area contributed by atoms with Gasteiger partial charge in [0.2, 0.25) is 5.91 Å². The van der Waals surface area contributed by atoms with Crippen molar-refractivity contribution in [2.75, 3.05) is 17.6 Å². The van der Waals surface area contributed by atoms with Crippen LogP contribution in [-0.4, -0.2) is 46.7 Å². The molecule has 0 fully saturated rings. The van der Waals surface area contributed by atoms with Crippen molar-refractivity contribution >= 4 is 36.2 Å². The Bertz CT molecular complexity index is 1140. The lowest BCUT2D eigenvalue weighted by Gasteiger charge is -2.35. The molecule has 0 spiro atoms. The number of ether oxygens (including phenoxy) is 1. The zero-order valence-corrected chi connectivity index (χ0v) is 26.8. The molecular weight excluding hydrogens is 534 g/mol. The van der Waals surface area contributed by atoms with Crippen LogP contribution in [0.25, 0.3) is 0 Å². The van der Waals surface area contributed by atoms with Crippen molar-refractivity contribution < 1.29 is 19.1 Å². The molecule has 2 atom stereocenters. The molecule has 0 bridgehead atoms. The number of hydrogen-bond acceptors (Lipinski definition) is 5. The van der Waals surface area contributed by atoms with Gasteiger partial charge in [-0.3, -0.25) is 9.59 Å². The van der Waals surface area contributed by atoms with Gasteiger partial charge in [0.25, 0.3) is 5.91 Å². The second kappa shape index (κ2) is 16.4. The molecule has 226 valence electrons. The van der Waals surface area contributed by atoms with Crippen molar-refractivity contribution in [1.82, 2.24) is 10.2 Å². The fourth-order valence-corrected chi connectivity index (χ4v) is 5.11. The highest BCUT2D eigenvalue weighted by Gasteiger charge is 2.37. The van der Waals surface area contributed by atoms with Crippen LogP contribution in [0.5, 0.6) is 0 Å². The summed E-state index contributed by atoms with van der Waals surface area (Å²) in [5.74, 6) is -0.609. The van der Waals surface area contributed by atoms with Gasteiger partial charge in [0.15, 0.2) is 0 Å². The molecule has 0 saturated carbocycles. The summed E-state index contributed by atoms with van der Waals surface area (Å²) in [6, 6.07) is 11.6. The first-order chi connectivity index (χ1) is 19.4. The third-order valence-corrected chi connectivity index (χ3v) is 7.35. The molecule has 0 aromatic heterocycles. The molecule has 0 heterocycles. The molecule has 41 heavy (non-hydrogen) atoms. The van der Waals surface area contributed by atoms with Gasteiger partial charge in [-0.25, -0.2) is 4.79 Å². The van der Waals surface area contributed by atoms with E-state index in [1.807, 2.05) is 63.2 Å². The average Bonchev–Trinajstić information content (AvgIpc) is 2.89. The lowest BCUT2D eigenvalue weighted by atomic mass is 9.93. The Morgan fingerprint density at radius 1 is 0.878 bits per heavy atom. The van der Waals surface area contributed by atoms with Crippen molar-refractivity contribution in [3.63, 3.8) is 0 Å². The normalized spacial score (nSPS) is 12.8. The third kappa shape index (κ3) is 10.7. The Balaban J connectivity index is 2.52. The second-order valence-electron chi connectivity index (χ2n) is 11.7. The quantitative estimate of drug-likeness (QED) is 0.161. The summed E-state index contributed by atoms with van der Waals surface area (Å²) in [6.07, 6.45) is 5.50. The molecule has 2 N–H and O–H groups in total. The predicted octanol–water partition coefficient (Wildman–Crippen LogP) is 7.30. The van der Waals surface area contributed by atoms with Crippen LogP contribution >= 0.6 is 12.6 Å². The fraction of sp³-hybridized carbons (Fsp3) is 0.545. The van der Waals surface area contributed by atoms with Gasteiger partial charge >= 0.3 is 6.09 Å². The van der Waals surface area contributed by atoms with Crippen LogP contribution in [0.3, 0.4) is 0 Å². The predicted molar refractivity (Wildman–Crippen MR) is 171 cm³/mol. The van der Waals surface area contributed by atoms with E-state index in [0.717, 1.165) is 54.4 Å². The van der Waals surface area contributed by atoms with Gasteiger partial charge in [0, 0.05) is 18.0 Å². The maximum Gasteiger partial charge on any atom is 0.408 e. The number of benzene rings is 2. The van der Waals surface area contributed by atoms with Gasteiger partial charge in [-0.05, 0) is 76.3 Å². The van der Waals surface area contributed by atoms with Gasteiger partial charge in [-0.1, -0.05) is 75.4 Å². The van der Waals surface area contributed by atoms with Gasteiger partial charge < -0.3 is 20.3 Å². The SMILES string of the molecule is CCCCCCCCN(C(=O)C(CS)NC(=O)OC(C)(C)C)C(C(=O)Nc1ccccc1C)c1c(C)cccc1C. The van der Waals surface area contributed by atoms with E-state index in [1.165, 1.54) is 6.42 Å². The van der Waals surface area contributed by atoms with Crippen molar-refractivity contribution in [3.8, 4) is 0 Å². The maximum atomic E-state index is 14.2. The first-order valence-electron chi connectivity index (χ1n) is 14.7. The number of rotatable bonds is 14. The lowest BCUT2D eigenvalue weighted by Crippen LogP contribution is -2.53. The highest BCUT2D eigenvalue weighted by atomic mass is 32.1. The first kappa shape index (κ1) is 34.2. The summed E-state index contributed by atoms with van der Waals surface area (Å²) in [7, 11) is 0. The van der Waals surface area contributed by atoms with E-state index in [1.54, 1.807) is 25.7 Å². The standard InChI is InChI=1S/C33H49N3O4S/c1-8-9-10-11-12-15-21-36(31(38)27(22-41)35-32(39)40-33(5,6)7)29(28-24(3)18-16-19-25(28)4)30(37)34-26-20-14-13-17-23(26)2/h13-14,16-20,27,29,41H,8-12,15,21-22H2,1-7H3,(H,34,37)(H,35,39). The van der Waals surface area contributed by atoms with E-state index in [2.05, 4.69) is 30.2 Å². The van der Waals surface area contributed by atoms with Crippen LogP contribution in [0.1, 0.15) is 94.5 Å². The largest absolute Gasteiger partial charge is 0.444 e. The Hall–Kier alpha value is -3.00. The summed E-state index contributed by atoms with van der Waals surface area (Å²) < 4.78 is 5.42. The van der Waals surface area contributed by atoms with Crippen molar-refractivity contribution in [3.05, 3.63) is 64.7 Å². The average molecular weight is 584 g/mol. The minimum atomic E-state index is -0.966. The Labute approximate surface area is 252 Å². The van der Waals surface area contributed by atoms with Gasteiger partial charge in [-0.15, -0.1) is 0 Å². The third-order valence-electron chi connectivity index (χ3n) is 6.99. The minimum Gasteiger partial charge on any atom is -0.444 e. The number of unbranched alkanes of at least 4 members (excludes halogenated alkanes) is 5. The monoisotopic (exact) mass is 583 g/mol. The van der Waals surface area contributed by atoms with E-state index in [-0.39, 0.29) is 17.6 Å². The Kier molecular flexibility index (Phi) is 13.7. The maximum absolute atomic E-state index is 14.2. The summed E-state index contributed by atoms with van der Waals surface area (Å²) in [4.78, 5) is 42.7. The van der Waals surface area contributed by atoms with E-state index in [4.69, 9.17) is 4.74 Å². The Morgan fingerprint density at radius 3 is 2.05 bits per heavy atom. The summed E-state index contributed by atoms with van der Waals surface area (Å²) in [5, 5.41) is 5.78. The first-order valence-corrected chi connectivity index (χ1v) is 15.4. The number of aryl methyl sites for hydroxylation is 3. The molecule has 0 aliphatic heterocycles. The molecule has 2 aromatic rings. The van der Waals surface area contributed by atoms with Crippen molar-refractivity contribution in [2.24, 2.45) is 0 Å². The Morgan fingerprint density at radius 2 is 1.46 bits per heavy atom. The molecule has 0 saturated heterocycles. The number of amides is 3. The number of carbonyl (C=O) groups excluding carboxylic acids is 3. The number of nitrogens with one attached hydrogen (secondary N) is 2. The number of anilines is 1. The molecule has 7 nitrogen and oxygen atoms in total. The second-order valence-corrected chi connectivity index (χ2v) is 12.1. The van der Waals surface area contributed by atoms with Crippen molar-refractivity contribution in [1.29, 1.82) is 0 Å². The number of nitrogens with zero attached hydrogens (tertiary/aromatic N) is 1. The van der Waals surface area contributed by atoms with E-state index in [0.29, 0.717) is 12.2 Å². The van der Waals surface area contributed by atoms with Crippen LogP contribution in [0.4, 0.5) is 10.5 Å². The molecule has 2 unspecified atom stereocenters. The van der Waals surface area contributed by atoms with E-state index in [9.17, 15) is 14.4 Å². The smallest absolute Gasteiger partial charge is 0.408 e.